The standard InChI is InChI=1S/C62H73N2O2/c1-7-11-37-61(38-12-8-2)52-23-17-15-21-48(52)50-34-32-46(41-55(50)61)64(47-33-35-51-49-22-16-18-24-53(49)62(39-13-9-3,40-14-10-4)56(51)42-47)45-30-27-44(28-31-45)29-36-58-60(5,6)54-25-19-20-26-57(54)63(58)43-59(65)66/h15-18,21-24,27-36,41-42,54H,7-14,19-20,25-26,37-40,43H2,1-6H3/q+1/p+1. The molecule has 0 radical (unpaired) electrons. The number of carbonyl (C=O) groups is 1. The smallest absolute Gasteiger partial charge is 0.370 e. The highest BCUT2D eigenvalue weighted by Gasteiger charge is 2.53. The minimum absolute atomic E-state index is 0.0146. The van der Waals surface area contributed by atoms with Gasteiger partial charge in [-0.05, 0) is 133 Å². The van der Waals surface area contributed by atoms with Gasteiger partial charge in [0.2, 0.25) is 23.6 Å². The Bertz CT molecular complexity index is 2540. The molecule has 1 heterocycles. The lowest BCUT2D eigenvalue weighted by atomic mass is 9.70. The van der Waals surface area contributed by atoms with Crippen molar-refractivity contribution in [1.29, 1.82) is 0 Å². The van der Waals surface area contributed by atoms with Crippen LogP contribution in [0.15, 0.2) is 133 Å². The number of allylic oxidation sites excluding steroid dienone is 8. The molecule has 0 amide bonds. The van der Waals surface area contributed by atoms with E-state index >= 15 is 0 Å². The quantitative estimate of drug-likeness (QED) is 0.107. The second-order valence-electron chi connectivity index (χ2n) is 20.8. The molecule has 0 bridgehead atoms. The number of nitrogens with zero attached hydrogens (tertiary/aromatic N) is 2. The fourth-order valence-corrected chi connectivity index (χ4v) is 13.2. The van der Waals surface area contributed by atoms with Crippen molar-refractivity contribution in [2.75, 3.05) is 6.54 Å². The summed E-state index contributed by atoms with van der Waals surface area (Å²) in [6.07, 6.45) is 32.2. The molecular formula is C62H74N2O2+2. The van der Waals surface area contributed by atoms with Gasteiger partial charge in [-0.15, -0.1) is 0 Å². The maximum Gasteiger partial charge on any atom is 0.370 e. The number of benzene rings is 4. The molecule has 4 nitrogen and oxygen atoms in total. The molecule has 1 fully saturated rings. The predicted octanol–water partition coefficient (Wildman–Crippen LogP) is 16.0. The fraction of sp³-hybridized carbons (Fsp3) is 0.435. The summed E-state index contributed by atoms with van der Waals surface area (Å²) in [4.78, 5) is 12.2. The van der Waals surface area contributed by atoms with E-state index in [1.165, 1.54) is 119 Å². The fourth-order valence-electron chi connectivity index (χ4n) is 13.2. The van der Waals surface area contributed by atoms with Crippen molar-refractivity contribution >= 4 is 28.8 Å². The van der Waals surface area contributed by atoms with Gasteiger partial charge in [-0.2, -0.15) is 9.15 Å². The van der Waals surface area contributed by atoms with Crippen LogP contribution >= 0.6 is 0 Å². The number of carboxylic acid groups (broad SMARTS) is 1. The van der Waals surface area contributed by atoms with Crippen molar-refractivity contribution in [3.8, 4) is 22.3 Å². The van der Waals surface area contributed by atoms with Crippen molar-refractivity contribution in [2.45, 2.75) is 155 Å². The first-order valence-electron chi connectivity index (χ1n) is 25.9. The first-order valence-corrected chi connectivity index (χ1v) is 25.9. The van der Waals surface area contributed by atoms with Crippen LogP contribution in [0.4, 0.5) is 11.4 Å². The van der Waals surface area contributed by atoms with Crippen LogP contribution in [-0.4, -0.2) is 33.6 Å². The zero-order valence-electron chi connectivity index (χ0n) is 40.9. The number of hydrogen-bond donors (Lipinski definition) is 1. The van der Waals surface area contributed by atoms with E-state index < -0.39 is 5.97 Å². The lowest BCUT2D eigenvalue weighted by Gasteiger charge is -2.33. The zero-order chi connectivity index (χ0) is 46.1. The summed E-state index contributed by atoms with van der Waals surface area (Å²) in [5.41, 5.74) is 18.6. The van der Waals surface area contributed by atoms with Crippen LogP contribution in [0.1, 0.15) is 167 Å². The van der Waals surface area contributed by atoms with E-state index in [2.05, 4.69) is 172 Å². The topological polar surface area (TPSA) is 43.3 Å². The Balaban J connectivity index is 1.21. The maximum atomic E-state index is 12.2. The van der Waals surface area contributed by atoms with Crippen molar-refractivity contribution in [2.24, 2.45) is 11.3 Å². The Hall–Kier alpha value is -5.35. The number of carboxylic acids is 1. The first kappa shape index (κ1) is 45.8. The Kier molecular flexibility index (Phi) is 13.3. The van der Waals surface area contributed by atoms with E-state index in [1.807, 2.05) is 0 Å². The molecule has 342 valence electrons. The summed E-state index contributed by atoms with van der Waals surface area (Å²) >= 11 is 0. The van der Waals surface area contributed by atoms with Crippen molar-refractivity contribution in [1.82, 2.24) is 4.58 Å². The minimum Gasteiger partial charge on any atom is -0.477 e. The molecule has 4 aromatic carbocycles. The van der Waals surface area contributed by atoms with Crippen LogP contribution in [0.3, 0.4) is 0 Å². The molecule has 4 heteroatoms. The summed E-state index contributed by atoms with van der Waals surface area (Å²) in [6, 6.07) is 33.3. The van der Waals surface area contributed by atoms with Gasteiger partial charge < -0.3 is 5.11 Å². The van der Waals surface area contributed by atoms with Gasteiger partial charge in [0, 0.05) is 59.7 Å². The van der Waals surface area contributed by atoms with Gasteiger partial charge in [0.1, 0.15) is 0 Å². The predicted molar refractivity (Wildman–Crippen MR) is 278 cm³/mol. The second kappa shape index (κ2) is 19.1. The molecule has 1 saturated carbocycles. The highest BCUT2D eigenvalue weighted by Crippen LogP contribution is 2.57. The maximum absolute atomic E-state index is 12.2. The third-order valence-electron chi connectivity index (χ3n) is 16.5. The van der Waals surface area contributed by atoms with Crippen LogP contribution in [-0.2, 0) is 15.6 Å². The van der Waals surface area contributed by atoms with E-state index in [1.54, 1.807) is 0 Å². The summed E-state index contributed by atoms with van der Waals surface area (Å²) in [5.74, 6) is -0.376. The van der Waals surface area contributed by atoms with Crippen LogP contribution in [0, 0.1) is 11.3 Å². The Labute approximate surface area is 396 Å². The van der Waals surface area contributed by atoms with Gasteiger partial charge in [-0.3, -0.25) is 0 Å². The minimum atomic E-state index is -0.772. The monoisotopic (exact) mass is 879 g/mol. The third-order valence-corrected chi connectivity index (χ3v) is 16.5. The molecule has 1 N–H and O–H groups in total. The number of rotatable bonds is 17. The van der Waals surface area contributed by atoms with Gasteiger partial charge in [-0.25, -0.2) is 4.79 Å². The van der Waals surface area contributed by atoms with E-state index in [0.717, 1.165) is 61.9 Å². The highest BCUT2D eigenvalue weighted by atomic mass is 16.4. The van der Waals surface area contributed by atoms with Crippen LogP contribution in [0.25, 0.3) is 22.3 Å². The molecule has 4 aromatic rings. The average Bonchev–Trinajstić information content (AvgIpc) is 3.85. The summed E-state index contributed by atoms with van der Waals surface area (Å²) in [6.45, 7) is 14.0. The molecule has 5 aliphatic rings. The summed E-state index contributed by atoms with van der Waals surface area (Å²) < 4.78 is 4.68. The summed E-state index contributed by atoms with van der Waals surface area (Å²) in [7, 11) is 0. The first-order chi connectivity index (χ1) is 32.1. The Morgan fingerprint density at radius 1 is 0.636 bits per heavy atom. The molecule has 0 saturated heterocycles. The molecule has 9 rings (SSSR count). The van der Waals surface area contributed by atoms with Gasteiger partial charge in [0.15, 0.2) is 11.4 Å². The van der Waals surface area contributed by atoms with E-state index in [4.69, 9.17) is 0 Å². The van der Waals surface area contributed by atoms with Crippen molar-refractivity contribution < 1.29 is 14.5 Å². The van der Waals surface area contributed by atoms with Crippen LogP contribution in [0.2, 0.25) is 0 Å². The highest BCUT2D eigenvalue weighted by molar-refractivity contribution is 6.09. The molecule has 66 heavy (non-hydrogen) atoms. The molecule has 4 aliphatic carbocycles. The average molecular weight is 879 g/mol. The molecule has 1 aliphatic heterocycles. The molecule has 1 atom stereocenters. The van der Waals surface area contributed by atoms with Gasteiger partial charge in [0.25, 0.3) is 0 Å². The molecular weight excluding hydrogens is 805 g/mol. The molecule has 0 aromatic heterocycles. The van der Waals surface area contributed by atoms with Gasteiger partial charge in [-0.1, -0.05) is 134 Å². The third kappa shape index (κ3) is 7.94. The Morgan fingerprint density at radius 2 is 1.12 bits per heavy atom. The number of unbranched alkanes of at least 4 members (excludes halogenated alkanes) is 4. The van der Waals surface area contributed by atoms with Crippen molar-refractivity contribution in [3.63, 3.8) is 0 Å². The van der Waals surface area contributed by atoms with E-state index in [0.29, 0.717) is 5.92 Å². The molecule has 1 unspecified atom stereocenters. The lowest BCUT2D eigenvalue weighted by Crippen LogP contribution is -2.28. The van der Waals surface area contributed by atoms with Crippen LogP contribution in [0.5, 0.6) is 0 Å². The lowest BCUT2D eigenvalue weighted by molar-refractivity contribution is -0.470. The normalized spacial score (nSPS) is 19.7. The van der Waals surface area contributed by atoms with Crippen molar-refractivity contribution in [3.05, 3.63) is 155 Å². The second-order valence-corrected chi connectivity index (χ2v) is 20.8. The SMILES string of the molecule is CCCCC1(CCCC)c2ccccc2-c2ccc([N+](=C3C=CC(=CC=C4[N+](CC(=O)O)=C5CCCCC5C4(C)C)C=C3)c3ccc4c(c3)C(CCCC)(CCCC)c3ccccc3-4)cc21. The van der Waals surface area contributed by atoms with Gasteiger partial charge in [0.05, 0.1) is 11.3 Å². The zero-order valence-corrected chi connectivity index (χ0v) is 40.9. The van der Waals surface area contributed by atoms with Gasteiger partial charge >= 0.3 is 5.97 Å². The van der Waals surface area contributed by atoms with E-state index in [9.17, 15) is 9.90 Å². The largest absolute Gasteiger partial charge is 0.477 e. The Morgan fingerprint density at radius 3 is 1.61 bits per heavy atom. The molecule has 0 spiro atoms. The van der Waals surface area contributed by atoms with E-state index in [-0.39, 0.29) is 22.8 Å². The van der Waals surface area contributed by atoms with Crippen LogP contribution < -0.4 is 4.58 Å². The number of fused-ring (bicyclic) bond motifs is 7. The summed E-state index contributed by atoms with van der Waals surface area (Å²) in [5, 5.41) is 10.0. The number of hydrogen-bond acceptors (Lipinski definition) is 1. The number of aliphatic carboxylic acids is 1.